The molecule has 1 aliphatic carbocycles. The third-order valence-electron chi connectivity index (χ3n) is 5.27. The van der Waals surface area contributed by atoms with Crippen LogP contribution < -0.4 is 15.4 Å². The average molecular weight is 380 g/mol. The van der Waals surface area contributed by atoms with Crippen molar-refractivity contribution in [3.8, 4) is 5.75 Å². The molecule has 0 saturated heterocycles. The maximum absolute atomic E-state index is 13.0. The van der Waals surface area contributed by atoms with Crippen molar-refractivity contribution in [2.45, 2.75) is 45.2 Å². The zero-order valence-corrected chi connectivity index (χ0v) is 16.7. The molecule has 148 valence electrons. The number of nitrogens with one attached hydrogen (secondary N) is 2. The highest BCUT2D eigenvalue weighted by Gasteiger charge is 2.28. The van der Waals surface area contributed by atoms with Gasteiger partial charge in [-0.25, -0.2) is 0 Å². The standard InChI is InChI=1S/C23H28N2O3/c1-15(2)21(25-22(26)17-11-13-18(28-3)14-12-17)23(27)24-20-10-6-8-16-7-4-5-9-19(16)20/h4-5,7,9,11-15,20-21H,6,8,10H2,1-3H3,(H,24,27)(H,25,26)/t20-,21-/m0/s1. The molecule has 0 spiro atoms. The van der Waals surface area contributed by atoms with Crippen molar-refractivity contribution in [2.24, 2.45) is 5.92 Å². The molecule has 0 bridgehead atoms. The zero-order chi connectivity index (χ0) is 20.1. The predicted octanol–water partition coefficient (Wildman–Crippen LogP) is 3.64. The average Bonchev–Trinajstić information content (AvgIpc) is 2.71. The van der Waals surface area contributed by atoms with E-state index in [9.17, 15) is 9.59 Å². The lowest BCUT2D eigenvalue weighted by molar-refractivity contribution is -0.124. The molecule has 0 saturated carbocycles. The summed E-state index contributed by atoms with van der Waals surface area (Å²) in [4.78, 5) is 25.6. The van der Waals surface area contributed by atoms with Crippen molar-refractivity contribution in [2.75, 3.05) is 7.11 Å². The van der Waals surface area contributed by atoms with E-state index in [0.717, 1.165) is 19.3 Å². The molecule has 28 heavy (non-hydrogen) atoms. The van der Waals surface area contributed by atoms with Crippen LogP contribution in [0.2, 0.25) is 0 Å². The first-order valence-electron chi connectivity index (χ1n) is 9.82. The zero-order valence-electron chi connectivity index (χ0n) is 16.7. The second-order valence-electron chi connectivity index (χ2n) is 7.58. The second kappa shape index (κ2) is 8.91. The van der Waals surface area contributed by atoms with Gasteiger partial charge in [0.15, 0.2) is 0 Å². The smallest absolute Gasteiger partial charge is 0.251 e. The summed E-state index contributed by atoms with van der Waals surface area (Å²) in [5.41, 5.74) is 2.98. The normalized spacial score (nSPS) is 16.8. The van der Waals surface area contributed by atoms with E-state index in [-0.39, 0.29) is 23.8 Å². The summed E-state index contributed by atoms with van der Waals surface area (Å²) >= 11 is 0. The Bertz CT molecular complexity index is 830. The molecule has 0 aromatic heterocycles. The summed E-state index contributed by atoms with van der Waals surface area (Å²) in [7, 11) is 1.58. The number of benzene rings is 2. The molecule has 0 heterocycles. The molecule has 0 radical (unpaired) electrons. The number of hydrogen-bond donors (Lipinski definition) is 2. The van der Waals surface area contributed by atoms with Crippen LogP contribution in [0.5, 0.6) is 5.75 Å². The minimum absolute atomic E-state index is 0.00316. The Morgan fingerprint density at radius 2 is 1.79 bits per heavy atom. The van der Waals surface area contributed by atoms with Crippen LogP contribution in [0.1, 0.15) is 54.2 Å². The maximum atomic E-state index is 13.0. The SMILES string of the molecule is COc1ccc(C(=O)N[C@H](C(=O)N[C@H]2CCCc3ccccc32)C(C)C)cc1. The molecule has 2 atom stereocenters. The van der Waals surface area contributed by atoms with Gasteiger partial charge in [-0.1, -0.05) is 38.1 Å². The van der Waals surface area contributed by atoms with E-state index in [1.54, 1.807) is 31.4 Å². The van der Waals surface area contributed by atoms with Crippen molar-refractivity contribution in [1.82, 2.24) is 10.6 Å². The van der Waals surface area contributed by atoms with Gasteiger partial charge in [0.1, 0.15) is 11.8 Å². The number of methoxy groups -OCH3 is 1. The summed E-state index contributed by atoms with van der Waals surface area (Å²) in [5, 5.41) is 6.05. The van der Waals surface area contributed by atoms with Gasteiger partial charge in [0.2, 0.25) is 5.91 Å². The highest BCUT2D eigenvalue weighted by atomic mass is 16.5. The van der Waals surface area contributed by atoms with Crippen molar-refractivity contribution < 1.29 is 14.3 Å². The van der Waals surface area contributed by atoms with Gasteiger partial charge in [0.25, 0.3) is 5.91 Å². The Kier molecular flexibility index (Phi) is 6.34. The molecule has 0 fully saturated rings. The first-order chi connectivity index (χ1) is 13.5. The molecule has 2 aromatic rings. The first kappa shape index (κ1) is 19.9. The summed E-state index contributed by atoms with van der Waals surface area (Å²) in [6, 6.07) is 14.5. The third-order valence-corrected chi connectivity index (χ3v) is 5.27. The molecule has 2 N–H and O–H groups in total. The monoisotopic (exact) mass is 380 g/mol. The minimum atomic E-state index is -0.594. The van der Waals surface area contributed by atoms with Crippen LogP contribution >= 0.6 is 0 Å². The van der Waals surface area contributed by atoms with E-state index < -0.39 is 6.04 Å². The van der Waals surface area contributed by atoms with Gasteiger partial charge in [0, 0.05) is 5.56 Å². The number of carbonyl (C=O) groups excluding carboxylic acids is 2. The lowest BCUT2D eigenvalue weighted by Gasteiger charge is -2.29. The molecule has 5 nitrogen and oxygen atoms in total. The van der Waals surface area contributed by atoms with E-state index in [1.165, 1.54) is 11.1 Å². The minimum Gasteiger partial charge on any atom is -0.497 e. The Balaban J connectivity index is 1.70. The Morgan fingerprint density at radius 1 is 1.07 bits per heavy atom. The number of ether oxygens (including phenoxy) is 1. The molecule has 0 aliphatic heterocycles. The van der Waals surface area contributed by atoms with Crippen molar-refractivity contribution in [1.29, 1.82) is 0 Å². The number of aryl methyl sites for hydroxylation is 1. The second-order valence-corrected chi connectivity index (χ2v) is 7.58. The van der Waals surface area contributed by atoms with Gasteiger partial charge < -0.3 is 15.4 Å². The molecule has 2 aromatic carbocycles. The number of amides is 2. The third kappa shape index (κ3) is 4.53. The van der Waals surface area contributed by atoms with E-state index in [1.807, 2.05) is 26.0 Å². The van der Waals surface area contributed by atoms with Gasteiger partial charge in [-0.05, 0) is 60.6 Å². The summed E-state index contributed by atoms with van der Waals surface area (Å²) in [5.74, 6) is 0.255. The van der Waals surface area contributed by atoms with Crippen LogP contribution in [0.15, 0.2) is 48.5 Å². The van der Waals surface area contributed by atoms with E-state index >= 15 is 0 Å². The summed E-state index contributed by atoms with van der Waals surface area (Å²) in [6.07, 6.45) is 3.01. The summed E-state index contributed by atoms with van der Waals surface area (Å²) in [6.45, 7) is 3.88. The van der Waals surface area contributed by atoms with Gasteiger partial charge in [-0.3, -0.25) is 9.59 Å². The van der Waals surface area contributed by atoms with Crippen molar-refractivity contribution in [3.63, 3.8) is 0 Å². The van der Waals surface area contributed by atoms with Gasteiger partial charge in [-0.15, -0.1) is 0 Å². The fourth-order valence-electron chi connectivity index (χ4n) is 3.67. The van der Waals surface area contributed by atoms with E-state index in [2.05, 4.69) is 22.8 Å². The fraction of sp³-hybridized carbons (Fsp3) is 0.391. The van der Waals surface area contributed by atoms with Gasteiger partial charge in [-0.2, -0.15) is 0 Å². The van der Waals surface area contributed by atoms with Gasteiger partial charge in [0.05, 0.1) is 13.2 Å². The Labute approximate surface area is 166 Å². The van der Waals surface area contributed by atoms with Crippen LogP contribution in [-0.2, 0) is 11.2 Å². The number of hydrogen-bond acceptors (Lipinski definition) is 3. The summed E-state index contributed by atoms with van der Waals surface area (Å²) < 4.78 is 5.12. The lowest BCUT2D eigenvalue weighted by Crippen LogP contribution is -2.50. The number of carbonyl (C=O) groups is 2. The highest BCUT2D eigenvalue weighted by molar-refractivity contribution is 5.97. The maximum Gasteiger partial charge on any atom is 0.251 e. The Hall–Kier alpha value is -2.82. The quantitative estimate of drug-likeness (QED) is 0.804. The molecule has 0 unspecified atom stereocenters. The molecule has 2 amide bonds. The molecule has 5 heteroatoms. The number of fused-ring (bicyclic) bond motifs is 1. The lowest BCUT2D eigenvalue weighted by atomic mass is 9.87. The van der Waals surface area contributed by atoms with E-state index in [0.29, 0.717) is 11.3 Å². The molecular formula is C23H28N2O3. The molecule has 1 aliphatic rings. The van der Waals surface area contributed by atoms with E-state index in [4.69, 9.17) is 4.74 Å². The number of rotatable bonds is 6. The van der Waals surface area contributed by atoms with Crippen LogP contribution in [0, 0.1) is 5.92 Å². The Morgan fingerprint density at radius 3 is 2.46 bits per heavy atom. The topological polar surface area (TPSA) is 67.4 Å². The largest absolute Gasteiger partial charge is 0.497 e. The highest BCUT2D eigenvalue weighted by Crippen LogP contribution is 2.29. The predicted molar refractivity (Wildman–Crippen MR) is 109 cm³/mol. The van der Waals surface area contributed by atoms with Crippen LogP contribution in [0.3, 0.4) is 0 Å². The van der Waals surface area contributed by atoms with Crippen LogP contribution in [0.4, 0.5) is 0 Å². The first-order valence-corrected chi connectivity index (χ1v) is 9.82. The fourth-order valence-corrected chi connectivity index (χ4v) is 3.67. The van der Waals surface area contributed by atoms with Gasteiger partial charge >= 0.3 is 0 Å². The van der Waals surface area contributed by atoms with Crippen molar-refractivity contribution >= 4 is 11.8 Å². The van der Waals surface area contributed by atoms with Crippen LogP contribution in [-0.4, -0.2) is 25.0 Å². The van der Waals surface area contributed by atoms with Crippen molar-refractivity contribution in [3.05, 3.63) is 65.2 Å². The molecular weight excluding hydrogens is 352 g/mol. The molecule has 3 rings (SSSR count). The van der Waals surface area contributed by atoms with Crippen LogP contribution in [0.25, 0.3) is 0 Å².